The average Bonchev–Trinajstić information content (AvgIpc) is 2.13. The van der Waals surface area contributed by atoms with Crippen molar-refractivity contribution in [3.8, 4) is 0 Å². The molecule has 1 saturated heterocycles. The van der Waals surface area contributed by atoms with Crippen LogP contribution in [0.2, 0.25) is 0 Å². The van der Waals surface area contributed by atoms with Gasteiger partial charge in [-0.05, 0) is 24.7 Å². The second kappa shape index (κ2) is 4.76. The highest BCUT2D eigenvalue weighted by molar-refractivity contribution is 7.90. The summed E-state index contributed by atoms with van der Waals surface area (Å²) >= 11 is 0. The molecule has 0 bridgehead atoms. The van der Waals surface area contributed by atoms with Gasteiger partial charge in [0.25, 0.3) is 0 Å². The number of hydrogen-bond acceptors (Lipinski definition) is 4. The molecule has 1 fully saturated rings. The van der Waals surface area contributed by atoms with Crippen molar-refractivity contribution in [1.29, 1.82) is 0 Å². The largest absolute Gasteiger partial charge is 0.314 e. The van der Waals surface area contributed by atoms with E-state index < -0.39 is 9.84 Å². The van der Waals surface area contributed by atoms with Gasteiger partial charge in [-0.2, -0.15) is 0 Å². The maximum atomic E-state index is 11.3. The van der Waals surface area contributed by atoms with Gasteiger partial charge in [0, 0.05) is 31.9 Å². The third-order valence-electron chi connectivity index (χ3n) is 3.17. The van der Waals surface area contributed by atoms with Gasteiger partial charge in [-0.25, -0.2) is 8.42 Å². The van der Waals surface area contributed by atoms with E-state index in [-0.39, 0.29) is 0 Å². The maximum Gasteiger partial charge on any atom is 0.175 e. The Kier molecular flexibility index (Phi) is 3.51. The van der Waals surface area contributed by atoms with Gasteiger partial charge >= 0.3 is 0 Å². The highest BCUT2D eigenvalue weighted by Gasteiger charge is 2.21. The summed E-state index contributed by atoms with van der Waals surface area (Å²) in [5.74, 6) is 0. The van der Waals surface area contributed by atoms with Crippen LogP contribution in [-0.2, 0) is 16.4 Å². The zero-order valence-corrected chi connectivity index (χ0v) is 11.0. The summed E-state index contributed by atoms with van der Waals surface area (Å²) in [6, 6.07) is 7.73. The lowest BCUT2D eigenvalue weighted by Gasteiger charge is -2.35. The summed E-state index contributed by atoms with van der Waals surface area (Å²) in [5, 5.41) is 3.24. The van der Waals surface area contributed by atoms with Crippen molar-refractivity contribution in [2.75, 3.05) is 26.4 Å². The predicted molar refractivity (Wildman–Crippen MR) is 67.7 cm³/mol. The van der Waals surface area contributed by atoms with Crippen LogP contribution in [-0.4, -0.2) is 45.8 Å². The molecule has 1 heterocycles. The molecule has 0 amide bonds. The predicted octanol–water partition coefficient (Wildman–Crippen LogP) is 0.494. The van der Waals surface area contributed by atoms with E-state index in [1.807, 2.05) is 12.1 Å². The molecule has 5 heteroatoms. The molecule has 17 heavy (non-hydrogen) atoms. The second-order valence-corrected chi connectivity index (χ2v) is 6.66. The SMILES string of the molecule is CN(Cc1ccc(S(C)(=O)=O)cc1)C1CNC1. The molecule has 0 saturated carbocycles. The molecule has 0 aromatic heterocycles. The monoisotopic (exact) mass is 254 g/mol. The van der Waals surface area contributed by atoms with Crippen LogP contribution < -0.4 is 5.32 Å². The molecule has 94 valence electrons. The number of rotatable bonds is 4. The molecule has 0 aliphatic carbocycles. The molecule has 0 radical (unpaired) electrons. The standard InChI is InChI=1S/C12H18N2O2S/c1-14(11-7-13-8-11)9-10-3-5-12(6-4-10)17(2,15)16/h3-6,11,13H,7-9H2,1-2H3. The molecule has 1 N–H and O–H groups in total. The van der Waals surface area contributed by atoms with Crippen LogP contribution in [0.4, 0.5) is 0 Å². The van der Waals surface area contributed by atoms with E-state index >= 15 is 0 Å². The molecule has 0 unspecified atom stereocenters. The normalized spacial score (nSPS) is 17.1. The van der Waals surface area contributed by atoms with Crippen LogP contribution >= 0.6 is 0 Å². The van der Waals surface area contributed by atoms with Crippen LogP contribution in [0.25, 0.3) is 0 Å². The van der Waals surface area contributed by atoms with E-state index in [4.69, 9.17) is 0 Å². The van der Waals surface area contributed by atoms with Crippen molar-refractivity contribution in [3.63, 3.8) is 0 Å². The zero-order valence-electron chi connectivity index (χ0n) is 10.2. The second-order valence-electron chi connectivity index (χ2n) is 4.64. The first-order chi connectivity index (χ1) is 7.97. The molecular formula is C12H18N2O2S. The third kappa shape index (κ3) is 3.06. The minimum atomic E-state index is -3.08. The van der Waals surface area contributed by atoms with Crippen LogP contribution in [0.3, 0.4) is 0 Å². The van der Waals surface area contributed by atoms with E-state index in [2.05, 4.69) is 17.3 Å². The Bertz CT molecular complexity index is 478. The minimum Gasteiger partial charge on any atom is -0.314 e. The Hall–Kier alpha value is -0.910. The molecule has 1 aliphatic rings. The van der Waals surface area contributed by atoms with Crippen molar-refractivity contribution in [2.45, 2.75) is 17.5 Å². The Morgan fingerprint density at radius 2 is 1.88 bits per heavy atom. The van der Waals surface area contributed by atoms with Gasteiger partial charge in [-0.1, -0.05) is 12.1 Å². The first kappa shape index (κ1) is 12.5. The summed E-state index contributed by atoms with van der Waals surface area (Å²) in [6.45, 7) is 2.94. The Balaban J connectivity index is 2.03. The summed E-state index contributed by atoms with van der Waals surface area (Å²) in [6.07, 6.45) is 1.23. The highest BCUT2D eigenvalue weighted by atomic mass is 32.2. The first-order valence-corrected chi connectivity index (χ1v) is 7.56. The Labute approximate surface area is 103 Å². The number of nitrogens with one attached hydrogen (secondary N) is 1. The van der Waals surface area contributed by atoms with Crippen molar-refractivity contribution in [2.24, 2.45) is 0 Å². The van der Waals surface area contributed by atoms with Gasteiger partial charge in [0.15, 0.2) is 9.84 Å². The molecule has 0 spiro atoms. The topological polar surface area (TPSA) is 49.4 Å². The number of benzene rings is 1. The molecule has 0 atom stereocenters. The molecule has 1 aromatic carbocycles. The molecule has 1 aliphatic heterocycles. The summed E-state index contributed by atoms with van der Waals surface area (Å²) < 4.78 is 22.6. The van der Waals surface area contributed by atoms with E-state index in [9.17, 15) is 8.42 Å². The number of hydrogen-bond donors (Lipinski definition) is 1. The average molecular weight is 254 g/mol. The van der Waals surface area contributed by atoms with Crippen molar-refractivity contribution in [3.05, 3.63) is 29.8 Å². The third-order valence-corrected chi connectivity index (χ3v) is 4.30. The van der Waals surface area contributed by atoms with Crippen LogP contribution in [0.1, 0.15) is 5.56 Å². The molecule has 1 aromatic rings. The van der Waals surface area contributed by atoms with Crippen molar-refractivity contribution < 1.29 is 8.42 Å². The van der Waals surface area contributed by atoms with Crippen LogP contribution in [0.5, 0.6) is 0 Å². The number of nitrogens with zero attached hydrogens (tertiary/aromatic N) is 1. The molecule has 2 rings (SSSR count). The quantitative estimate of drug-likeness (QED) is 0.850. The van der Waals surface area contributed by atoms with E-state index in [1.165, 1.54) is 6.26 Å². The summed E-state index contributed by atoms with van der Waals surface area (Å²) in [5.41, 5.74) is 1.15. The Morgan fingerprint density at radius 1 is 1.29 bits per heavy atom. The maximum absolute atomic E-state index is 11.3. The fraction of sp³-hybridized carbons (Fsp3) is 0.500. The summed E-state index contributed by atoms with van der Waals surface area (Å²) in [4.78, 5) is 2.67. The highest BCUT2D eigenvalue weighted by Crippen LogP contribution is 2.13. The van der Waals surface area contributed by atoms with Crippen molar-refractivity contribution >= 4 is 9.84 Å². The van der Waals surface area contributed by atoms with Crippen LogP contribution in [0.15, 0.2) is 29.2 Å². The fourth-order valence-electron chi connectivity index (χ4n) is 1.84. The van der Waals surface area contributed by atoms with Crippen LogP contribution in [0, 0.1) is 0 Å². The smallest absolute Gasteiger partial charge is 0.175 e. The van der Waals surface area contributed by atoms with Gasteiger partial charge in [0.05, 0.1) is 4.90 Å². The number of likely N-dealkylation sites (N-methyl/N-ethyl adjacent to an activating group) is 1. The van der Waals surface area contributed by atoms with E-state index in [1.54, 1.807) is 12.1 Å². The van der Waals surface area contributed by atoms with E-state index in [0.717, 1.165) is 25.2 Å². The van der Waals surface area contributed by atoms with Gasteiger partial charge < -0.3 is 5.32 Å². The fourth-order valence-corrected chi connectivity index (χ4v) is 2.47. The Morgan fingerprint density at radius 3 is 2.29 bits per heavy atom. The lowest BCUT2D eigenvalue weighted by atomic mass is 10.1. The van der Waals surface area contributed by atoms with Gasteiger partial charge in [0.1, 0.15) is 0 Å². The van der Waals surface area contributed by atoms with Gasteiger partial charge in [-0.3, -0.25) is 4.90 Å². The zero-order chi connectivity index (χ0) is 12.5. The number of sulfone groups is 1. The lowest BCUT2D eigenvalue weighted by molar-refractivity contribution is 0.173. The minimum absolute atomic E-state index is 0.384. The summed E-state index contributed by atoms with van der Waals surface area (Å²) in [7, 11) is -0.988. The van der Waals surface area contributed by atoms with Gasteiger partial charge in [-0.15, -0.1) is 0 Å². The molecular weight excluding hydrogens is 236 g/mol. The first-order valence-electron chi connectivity index (χ1n) is 5.67. The van der Waals surface area contributed by atoms with E-state index in [0.29, 0.717) is 10.9 Å². The van der Waals surface area contributed by atoms with Gasteiger partial charge in [0.2, 0.25) is 0 Å². The lowest BCUT2D eigenvalue weighted by Crippen LogP contribution is -2.55. The van der Waals surface area contributed by atoms with Crippen molar-refractivity contribution in [1.82, 2.24) is 10.2 Å². The molecule has 4 nitrogen and oxygen atoms in total.